The Bertz CT molecular complexity index is 742. The van der Waals surface area contributed by atoms with Gasteiger partial charge >= 0.3 is 5.91 Å². The number of benzene rings is 1. The van der Waals surface area contributed by atoms with E-state index in [9.17, 15) is 14.9 Å². The molecule has 0 aliphatic carbocycles. The first-order chi connectivity index (χ1) is 11.2. The van der Waals surface area contributed by atoms with E-state index < -0.39 is 4.92 Å². The fourth-order valence-corrected chi connectivity index (χ4v) is 1.83. The Balaban J connectivity index is 1.87. The number of nitrogens with one attached hydrogen (secondary N) is 1. The summed E-state index contributed by atoms with van der Waals surface area (Å²) in [7, 11) is 0. The zero-order chi connectivity index (χ0) is 16.5. The third-order valence-electron chi connectivity index (χ3n) is 2.86. The zero-order valence-electron chi connectivity index (χ0n) is 12.2. The highest BCUT2D eigenvalue weighted by molar-refractivity contribution is 5.81. The molecule has 0 aliphatic rings. The van der Waals surface area contributed by atoms with Gasteiger partial charge < -0.3 is 0 Å². The number of pyridine rings is 1. The van der Waals surface area contributed by atoms with Crippen LogP contribution in [-0.4, -0.2) is 17.0 Å². The third-order valence-corrected chi connectivity index (χ3v) is 2.86. The number of amides is 1. The van der Waals surface area contributed by atoms with Crippen molar-refractivity contribution in [1.82, 2.24) is 5.43 Å². The maximum atomic E-state index is 11.6. The molecule has 1 heterocycles. The molecule has 1 aromatic heterocycles. The molecular weight excluding hydrogens is 296 g/mol. The van der Waals surface area contributed by atoms with Gasteiger partial charge in [-0.15, -0.1) is 0 Å². The lowest BCUT2D eigenvalue weighted by Gasteiger charge is -1.96. The van der Waals surface area contributed by atoms with E-state index in [1.165, 1.54) is 18.4 Å². The number of hydrogen-bond donors (Lipinski definition) is 1. The number of carbonyl (C=O) groups excluding carboxylic acids is 1. The number of allylic oxidation sites excluding steroid dienone is 1. The molecule has 2 rings (SSSR count). The minimum Gasteiger partial charge on any atom is -0.266 e. The molecule has 1 N–H and O–H groups in total. The molecule has 0 saturated heterocycles. The molecule has 0 fully saturated rings. The highest BCUT2D eigenvalue weighted by Gasteiger charge is 2.08. The number of carbonyl (C=O) groups is 1. The van der Waals surface area contributed by atoms with Gasteiger partial charge in [0.1, 0.15) is 0 Å². The summed E-state index contributed by atoms with van der Waals surface area (Å²) in [5, 5.41) is 14.6. The van der Waals surface area contributed by atoms with Gasteiger partial charge in [-0.1, -0.05) is 18.2 Å². The minimum atomic E-state index is -0.449. The van der Waals surface area contributed by atoms with Gasteiger partial charge in [0.2, 0.25) is 6.54 Å². The fraction of sp³-hybridized carbons (Fsp3) is 0.0625. The van der Waals surface area contributed by atoms with Crippen LogP contribution in [0.15, 0.2) is 66.0 Å². The first kappa shape index (κ1) is 16.0. The summed E-state index contributed by atoms with van der Waals surface area (Å²) in [5.74, 6) is -0.267. The molecule has 23 heavy (non-hydrogen) atoms. The van der Waals surface area contributed by atoms with Gasteiger partial charge in [0, 0.05) is 24.4 Å². The average molecular weight is 311 g/mol. The summed E-state index contributed by atoms with van der Waals surface area (Å²) in [6, 6.07) is 11.9. The number of hydrazone groups is 1. The van der Waals surface area contributed by atoms with Gasteiger partial charge in [-0.3, -0.25) is 14.9 Å². The van der Waals surface area contributed by atoms with Crippen molar-refractivity contribution >= 4 is 23.9 Å². The number of aromatic nitrogens is 1. The van der Waals surface area contributed by atoms with Crippen molar-refractivity contribution in [2.45, 2.75) is 6.54 Å². The van der Waals surface area contributed by atoms with Gasteiger partial charge in [0.05, 0.1) is 10.5 Å². The summed E-state index contributed by atoms with van der Waals surface area (Å²) < 4.78 is 1.72. The molecular formula is C16H15N4O3+. The van der Waals surface area contributed by atoms with Crippen molar-refractivity contribution in [3.05, 3.63) is 76.6 Å². The molecule has 7 heteroatoms. The predicted octanol–water partition coefficient (Wildman–Crippen LogP) is 1.70. The topological polar surface area (TPSA) is 88.5 Å². The smallest absolute Gasteiger partial charge is 0.266 e. The molecule has 1 aromatic carbocycles. The van der Waals surface area contributed by atoms with E-state index >= 15 is 0 Å². The van der Waals surface area contributed by atoms with Crippen LogP contribution in [0, 0.1) is 10.1 Å². The molecule has 116 valence electrons. The quantitative estimate of drug-likeness (QED) is 0.381. The van der Waals surface area contributed by atoms with Crippen LogP contribution in [0.1, 0.15) is 5.56 Å². The van der Waals surface area contributed by atoms with Crippen LogP contribution in [0.25, 0.3) is 6.08 Å². The van der Waals surface area contributed by atoms with E-state index in [1.54, 1.807) is 41.2 Å². The maximum Gasteiger partial charge on any atom is 0.305 e. The van der Waals surface area contributed by atoms with Gasteiger partial charge in [-0.05, 0) is 18.2 Å². The van der Waals surface area contributed by atoms with Crippen molar-refractivity contribution in [1.29, 1.82) is 0 Å². The number of nitro benzene ring substituents is 1. The highest BCUT2D eigenvalue weighted by Crippen LogP contribution is 2.18. The number of nitrogens with zero attached hydrogens (tertiary/aromatic N) is 3. The average Bonchev–Trinajstić information content (AvgIpc) is 2.55. The largest absolute Gasteiger partial charge is 0.305 e. The first-order valence-electron chi connectivity index (χ1n) is 6.83. The summed E-state index contributed by atoms with van der Waals surface area (Å²) in [5.41, 5.74) is 2.86. The predicted molar refractivity (Wildman–Crippen MR) is 85.4 cm³/mol. The lowest BCUT2D eigenvalue weighted by atomic mass is 10.2. The SMILES string of the molecule is O=C(C[n+]1ccccc1)N/N=C\C=C/c1ccccc1[N+](=O)[O-]. The Labute approximate surface area is 132 Å². The third kappa shape index (κ3) is 5.16. The molecule has 0 spiro atoms. The molecule has 0 saturated carbocycles. The Kier molecular flexibility index (Phi) is 5.70. The minimum absolute atomic E-state index is 0.0154. The number of hydrogen-bond acceptors (Lipinski definition) is 4. The summed E-state index contributed by atoms with van der Waals surface area (Å²) in [6.07, 6.45) is 8.00. The van der Waals surface area contributed by atoms with Crippen LogP contribution >= 0.6 is 0 Å². The Morgan fingerprint density at radius 1 is 1.22 bits per heavy atom. The summed E-state index contributed by atoms with van der Waals surface area (Å²) in [4.78, 5) is 22.0. The van der Waals surface area contributed by atoms with Crippen molar-refractivity contribution in [2.75, 3.05) is 0 Å². The van der Waals surface area contributed by atoms with Crippen LogP contribution in [-0.2, 0) is 11.3 Å². The second-order valence-corrected chi connectivity index (χ2v) is 4.54. The molecule has 0 bridgehead atoms. The van der Waals surface area contributed by atoms with E-state index in [0.717, 1.165) is 0 Å². The second-order valence-electron chi connectivity index (χ2n) is 4.54. The standard InChI is InChI=1S/C16H14N4O3/c21-16(13-19-11-4-1-5-12-19)18-17-10-6-8-14-7-2-3-9-15(14)20(22)23/h1-12H,13H2/p+1/b8-6-,17-10-. The van der Waals surface area contributed by atoms with Gasteiger partial charge in [-0.25, -0.2) is 5.43 Å². The van der Waals surface area contributed by atoms with Crippen LogP contribution < -0.4 is 9.99 Å². The van der Waals surface area contributed by atoms with Crippen LogP contribution in [0.3, 0.4) is 0 Å². The monoisotopic (exact) mass is 311 g/mol. The van der Waals surface area contributed by atoms with Crippen molar-refractivity contribution in [3.8, 4) is 0 Å². The summed E-state index contributed by atoms with van der Waals surface area (Å²) in [6.45, 7) is 0.159. The lowest BCUT2D eigenvalue weighted by Crippen LogP contribution is -2.40. The zero-order valence-corrected chi connectivity index (χ0v) is 12.2. The molecule has 0 atom stereocenters. The molecule has 0 unspecified atom stereocenters. The maximum absolute atomic E-state index is 11.6. The number of para-hydroxylation sites is 1. The van der Waals surface area contributed by atoms with E-state index in [0.29, 0.717) is 5.56 Å². The van der Waals surface area contributed by atoms with E-state index in [2.05, 4.69) is 10.5 Å². The van der Waals surface area contributed by atoms with Crippen LogP contribution in [0.5, 0.6) is 0 Å². The van der Waals surface area contributed by atoms with Crippen molar-refractivity contribution < 1.29 is 14.3 Å². The Morgan fingerprint density at radius 2 is 1.96 bits per heavy atom. The van der Waals surface area contributed by atoms with E-state index in [-0.39, 0.29) is 18.1 Å². The van der Waals surface area contributed by atoms with Crippen molar-refractivity contribution in [3.63, 3.8) is 0 Å². The second kappa shape index (κ2) is 8.18. The fourth-order valence-electron chi connectivity index (χ4n) is 1.83. The molecule has 1 amide bonds. The highest BCUT2D eigenvalue weighted by atomic mass is 16.6. The molecule has 2 aromatic rings. The van der Waals surface area contributed by atoms with Gasteiger partial charge in [0.25, 0.3) is 5.69 Å². The molecule has 0 aliphatic heterocycles. The van der Waals surface area contributed by atoms with E-state index in [4.69, 9.17) is 0 Å². The number of nitro groups is 1. The summed E-state index contributed by atoms with van der Waals surface area (Å²) >= 11 is 0. The molecule has 7 nitrogen and oxygen atoms in total. The van der Waals surface area contributed by atoms with Gasteiger partial charge in [0.15, 0.2) is 12.4 Å². The normalized spacial score (nSPS) is 11.0. The molecule has 0 radical (unpaired) electrons. The lowest BCUT2D eigenvalue weighted by molar-refractivity contribution is -0.684. The Hall–Kier alpha value is -3.35. The van der Waals surface area contributed by atoms with Crippen LogP contribution in [0.4, 0.5) is 5.69 Å². The Morgan fingerprint density at radius 3 is 2.70 bits per heavy atom. The first-order valence-corrected chi connectivity index (χ1v) is 6.83. The van der Waals surface area contributed by atoms with Crippen molar-refractivity contribution in [2.24, 2.45) is 5.10 Å². The van der Waals surface area contributed by atoms with E-state index in [1.807, 2.05) is 18.2 Å². The van der Waals surface area contributed by atoms with Gasteiger partial charge in [-0.2, -0.15) is 9.67 Å². The number of rotatable bonds is 6. The van der Waals surface area contributed by atoms with Crippen LogP contribution in [0.2, 0.25) is 0 Å².